The van der Waals surface area contributed by atoms with Crippen molar-refractivity contribution in [2.45, 2.75) is 46.5 Å². The molecule has 0 unspecified atom stereocenters. The van der Waals surface area contributed by atoms with Gasteiger partial charge in [0.2, 0.25) is 0 Å². The van der Waals surface area contributed by atoms with Crippen molar-refractivity contribution in [3.63, 3.8) is 0 Å². The van der Waals surface area contributed by atoms with E-state index in [0.717, 1.165) is 25.7 Å². The Balaban J connectivity index is 2.43. The van der Waals surface area contributed by atoms with Crippen LogP contribution in [0.5, 0.6) is 0 Å². The lowest BCUT2D eigenvalue weighted by atomic mass is 9.84. The summed E-state index contributed by atoms with van der Waals surface area (Å²) >= 11 is 0. The molecule has 1 aliphatic rings. The zero-order chi connectivity index (χ0) is 8.48. The smallest absolute Gasteiger partial charge is 0.135 e. The molecule has 0 aromatic rings. The fraction of sp³-hybridized carbons (Fsp3) is 0.900. The van der Waals surface area contributed by atoms with Crippen molar-refractivity contribution in [2.75, 3.05) is 0 Å². The van der Waals surface area contributed by atoms with Crippen LogP contribution >= 0.6 is 0 Å². The van der Waals surface area contributed by atoms with Crippen molar-refractivity contribution < 1.29 is 4.79 Å². The van der Waals surface area contributed by atoms with E-state index in [9.17, 15) is 4.79 Å². The molecule has 1 aliphatic carbocycles. The van der Waals surface area contributed by atoms with Gasteiger partial charge in [0, 0.05) is 12.3 Å². The summed E-state index contributed by atoms with van der Waals surface area (Å²) in [6.45, 7) is 6.62. The van der Waals surface area contributed by atoms with Gasteiger partial charge in [-0.15, -0.1) is 0 Å². The molecule has 0 heterocycles. The Morgan fingerprint density at radius 3 is 2.45 bits per heavy atom. The third kappa shape index (κ3) is 2.64. The molecule has 0 saturated heterocycles. The molecular formula is C10H18O. The molecule has 1 heteroatoms. The minimum Gasteiger partial charge on any atom is -0.299 e. The number of carbonyl (C=O) groups excluding carboxylic acids is 1. The maximum Gasteiger partial charge on any atom is 0.135 e. The van der Waals surface area contributed by atoms with Crippen LogP contribution < -0.4 is 0 Å². The van der Waals surface area contributed by atoms with E-state index < -0.39 is 0 Å². The normalized spacial score (nSPS) is 26.1. The van der Waals surface area contributed by atoms with Crippen molar-refractivity contribution in [3.8, 4) is 0 Å². The largest absolute Gasteiger partial charge is 0.299 e. The molecule has 0 amide bonds. The van der Waals surface area contributed by atoms with Crippen LogP contribution in [0.3, 0.4) is 0 Å². The maximum absolute atomic E-state index is 11.3. The Bertz CT molecular complexity index is 153. The summed E-state index contributed by atoms with van der Waals surface area (Å²) in [5.74, 6) is 0.884. The lowest BCUT2D eigenvalue weighted by Gasteiger charge is -2.21. The van der Waals surface area contributed by atoms with Crippen LogP contribution in [0.4, 0.5) is 0 Å². The highest BCUT2D eigenvalue weighted by molar-refractivity contribution is 5.82. The molecule has 64 valence electrons. The van der Waals surface area contributed by atoms with Crippen molar-refractivity contribution in [3.05, 3.63) is 0 Å². The first-order valence-corrected chi connectivity index (χ1v) is 4.52. The molecule has 0 aromatic heterocycles. The third-order valence-electron chi connectivity index (χ3n) is 2.29. The summed E-state index contributed by atoms with van der Waals surface area (Å²) in [7, 11) is 0. The molecule has 1 nitrogen and oxygen atoms in total. The Morgan fingerprint density at radius 1 is 1.45 bits per heavy atom. The van der Waals surface area contributed by atoms with Crippen molar-refractivity contribution in [1.82, 2.24) is 0 Å². The molecule has 0 spiro atoms. The van der Waals surface area contributed by atoms with Gasteiger partial charge < -0.3 is 0 Å². The number of carbonyl (C=O) groups is 1. The molecule has 1 saturated carbocycles. The third-order valence-corrected chi connectivity index (χ3v) is 2.29. The first-order valence-electron chi connectivity index (χ1n) is 4.52. The number of hydrogen-bond acceptors (Lipinski definition) is 1. The lowest BCUT2D eigenvalue weighted by Crippen LogP contribution is -2.16. The van der Waals surface area contributed by atoms with Crippen LogP contribution in [0, 0.1) is 11.3 Å². The molecule has 11 heavy (non-hydrogen) atoms. The lowest BCUT2D eigenvalue weighted by molar-refractivity contribution is -0.121. The van der Waals surface area contributed by atoms with Gasteiger partial charge >= 0.3 is 0 Å². The highest BCUT2D eigenvalue weighted by atomic mass is 16.1. The standard InChI is InChI=1S/C10H18O/c1-10(2,3)7-8-5-4-6-9(8)11/h8H,4-7H2,1-3H3/t8-/m0/s1. The van der Waals surface area contributed by atoms with Crippen LogP contribution in [0.2, 0.25) is 0 Å². The zero-order valence-electron chi connectivity index (χ0n) is 7.81. The number of ketones is 1. The summed E-state index contributed by atoms with van der Waals surface area (Å²) in [5, 5.41) is 0. The minimum atomic E-state index is 0.324. The second-order valence-electron chi connectivity index (χ2n) is 4.82. The van der Waals surface area contributed by atoms with E-state index in [1.54, 1.807) is 0 Å². The topological polar surface area (TPSA) is 17.1 Å². The van der Waals surface area contributed by atoms with E-state index in [-0.39, 0.29) is 0 Å². The number of hydrogen-bond donors (Lipinski definition) is 0. The van der Waals surface area contributed by atoms with Crippen LogP contribution in [0.1, 0.15) is 46.5 Å². The molecule has 0 radical (unpaired) electrons. The summed E-state index contributed by atoms with van der Waals surface area (Å²) in [4.78, 5) is 11.3. The second kappa shape index (κ2) is 2.96. The van der Waals surface area contributed by atoms with Crippen LogP contribution in [0.25, 0.3) is 0 Å². The van der Waals surface area contributed by atoms with E-state index in [2.05, 4.69) is 20.8 Å². The van der Waals surface area contributed by atoms with E-state index in [1.165, 1.54) is 0 Å². The minimum absolute atomic E-state index is 0.324. The SMILES string of the molecule is CC(C)(C)C[C@@H]1CCCC1=O. The second-order valence-corrected chi connectivity index (χ2v) is 4.82. The first kappa shape index (κ1) is 8.76. The summed E-state index contributed by atoms with van der Waals surface area (Å²) in [6.07, 6.45) is 4.17. The predicted molar refractivity (Wildman–Crippen MR) is 46.4 cm³/mol. The van der Waals surface area contributed by atoms with Crippen molar-refractivity contribution in [2.24, 2.45) is 11.3 Å². The Hall–Kier alpha value is -0.330. The quantitative estimate of drug-likeness (QED) is 0.567. The molecule has 1 rings (SSSR count). The molecule has 0 aromatic carbocycles. The Labute approximate surface area is 69.2 Å². The summed E-state index contributed by atoms with van der Waals surface area (Å²) in [6, 6.07) is 0. The van der Waals surface area contributed by atoms with E-state index in [1.807, 2.05) is 0 Å². The van der Waals surface area contributed by atoms with Gasteiger partial charge in [-0.1, -0.05) is 20.8 Å². The molecule has 1 atom stereocenters. The Kier molecular flexibility index (Phi) is 2.36. The Morgan fingerprint density at radius 2 is 2.09 bits per heavy atom. The van der Waals surface area contributed by atoms with Crippen molar-refractivity contribution in [1.29, 1.82) is 0 Å². The van der Waals surface area contributed by atoms with E-state index in [0.29, 0.717) is 17.1 Å². The maximum atomic E-state index is 11.3. The molecule has 0 N–H and O–H groups in total. The number of rotatable bonds is 1. The van der Waals surface area contributed by atoms with Crippen LogP contribution in [-0.2, 0) is 4.79 Å². The van der Waals surface area contributed by atoms with Gasteiger partial charge in [-0.2, -0.15) is 0 Å². The average molecular weight is 154 g/mol. The van der Waals surface area contributed by atoms with E-state index >= 15 is 0 Å². The fourth-order valence-electron chi connectivity index (χ4n) is 1.84. The molecular weight excluding hydrogens is 136 g/mol. The fourth-order valence-corrected chi connectivity index (χ4v) is 1.84. The van der Waals surface area contributed by atoms with Gasteiger partial charge in [0.1, 0.15) is 5.78 Å². The zero-order valence-corrected chi connectivity index (χ0v) is 7.81. The van der Waals surface area contributed by atoms with Gasteiger partial charge in [-0.25, -0.2) is 0 Å². The van der Waals surface area contributed by atoms with E-state index in [4.69, 9.17) is 0 Å². The highest BCUT2D eigenvalue weighted by Gasteiger charge is 2.28. The van der Waals surface area contributed by atoms with Crippen LogP contribution in [-0.4, -0.2) is 5.78 Å². The van der Waals surface area contributed by atoms with Gasteiger partial charge in [0.25, 0.3) is 0 Å². The first-order chi connectivity index (χ1) is 4.99. The van der Waals surface area contributed by atoms with Gasteiger partial charge in [-0.05, 0) is 24.7 Å². The molecule has 1 fully saturated rings. The summed E-state index contributed by atoms with van der Waals surface area (Å²) in [5.41, 5.74) is 0.324. The van der Waals surface area contributed by atoms with Crippen LogP contribution in [0.15, 0.2) is 0 Å². The predicted octanol–water partition coefficient (Wildman–Crippen LogP) is 2.79. The highest BCUT2D eigenvalue weighted by Crippen LogP contribution is 2.32. The van der Waals surface area contributed by atoms with Gasteiger partial charge in [-0.3, -0.25) is 4.79 Å². The monoisotopic (exact) mass is 154 g/mol. The van der Waals surface area contributed by atoms with Crippen molar-refractivity contribution >= 4 is 5.78 Å². The molecule has 0 aliphatic heterocycles. The van der Waals surface area contributed by atoms with Gasteiger partial charge in [0.05, 0.1) is 0 Å². The van der Waals surface area contributed by atoms with Gasteiger partial charge in [0.15, 0.2) is 0 Å². The molecule has 0 bridgehead atoms. The summed E-state index contributed by atoms with van der Waals surface area (Å²) < 4.78 is 0. The average Bonchev–Trinajstić information content (AvgIpc) is 2.12. The number of Topliss-reactive ketones (excluding diaryl/α,β-unsaturated/α-hetero) is 1.